The van der Waals surface area contributed by atoms with Crippen molar-refractivity contribution in [3.63, 3.8) is 0 Å². The van der Waals surface area contributed by atoms with Crippen molar-refractivity contribution in [3.8, 4) is 0 Å². The van der Waals surface area contributed by atoms with Crippen LogP contribution in [0.3, 0.4) is 0 Å². The summed E-state index contributed by atoms with van der Waals surface area (Å²) in [4.78, 5) is 26.3. The number of rotatable bonds is 12. The Hall–Kier alpha value is -4.53. The fourth-order valence-electron chi connectivity index (χ4n) is 5.09. The third-order valence-electron chi connectivity index (χ3n) is 7.58. The number of carbonyl (C=O) groups excluding carboxylic acids is 1. The van der Waals surface area contributed by atoms with Crippen LogP contribution in [0.4, 0.5) is 27.9 Å². The average Bonchev–Trinajstić information content (AvgIpc) is 3.01. The van der Waals surface area contributed by atoms with Gasteiger partial charge in [-0.1, -0.05) is 67.8 Å². The first kappa shape index (κ1) is 29.0. The maximum atomic E-state index is 13.3. The fourth-order valence-corrected chi connectivity index (χ4v) is 5.09. The summed E-state index contributed by atoms with van der Waals surface area (Å²) in [6.45, 7) is 3.83. The zero-order valence-electron chi connectivity index (χ0n) is 24.0. The van der Waals surface area contributed by atoms with Crippen LogP contribution in [0.5, 0.6) is 0 Å². The van der Waals surface area contributed by atoms with Gasteiger partial charge in [-0.25, -0.2) is 4.39 Å². The van der Waals surface area contributed by atoms with E-state index in [0.29, 0.717) is 43.3 Å². The highest BCUT2D eigenvalue weighted by Gasteiger charge is 2.15. The quantitative estimate of drug-likeness (QED) is 0.154. The lowest BCUT2D eigenvalue weighted by Crippen LogP contribution is -2.24. The molecule has 4 aromatic rings. The number of carbonyl (C=O) groups is 1. The molecule has 0 saturated heterocycles. The van der Waals surface area contributed by atoms with E-state index < -0.39 is 0 Å². The molecular formula is C33H38FN7O. The highest BCUT2D eigenvalue weighted by atomic mass is 19.1. The molecule has 9 heteroatoms. The molecule has 1 aliphatic rings. The van der Waals surface area contributed by atoms with Crippen molar-refractivity contribution in [2.24, 2.45) is 5.92 Å². The largest absolute Gasteiger partial charge is 0.354 e. The van der Waals surface area contributed by atoms with Crippen molar-refractivity contribution < 1.29 is 9.18 Å². The van der Waals surface area contributed by atoms with E-state index in [1.807, 2.05) is 55.5 Å². The Kier molecular flexibility index (Phi) is 9.93. The number of aryl methyl sites for hydroxylation is 1. The first-order valence-corrected chi connectivity index (χ1v) is 14.7. The molecule has 8 nitrogen and oxygen atoms in total. The average molecular weight is 568 g/mol. The van der Waals surface area contributed by atoms with Gasteiger partial charge in [0.25, 0.3) is 0 Å². The molecule has 1 saturated carbocycles. The van der Waals surface area contributed by atoms with Gasteiger partial charge in [0.15, 0.2) is 0 Å². The highest BCUT2D eigenvalue weighted by molar-refractivity contribution is 5.78. The van der Waals surface area contributed by atoms with Gasteiger partial charge in [-0.3, -0.25) is 4.79 Å². The van der Waals surface area contributed by atoms with Gasteiger partial charge in [0.2, 0.25) is 23.8 Å². The van der Waals surface area contributed by atoms with Crippen molar-refractivity contribution >= 4 is 29.4 Å². The number of halogens is 1. The second-order valence-electron chi connectivity index (χ2n) is 10.9. The summed E-state index contributed by atoms with van der Waals surface area (Å²) in [6, 6.07) is 22.0. The SMILES string of the molecule is Cc1ccccc1CNC(=O)Cc1ccc(Nc2nc(NCc3ccc(F)cc3)nc(NCC3CCCCC3)n2)cc1. The molecule has 3 aromatic carbocycles. The zero-order chi connectivity index (χ0) is 29.1. The normalized spacial score (nSPS) is 13.4. The third-order valence-corrected chi connectivity index (χ3v) is 7.58. The lowest BCUT2D eigenvalue weighted by Gasteiger charge is -2.21. The number of nitrogens with zero attached hydrogens (tertiary/aromatic N) is 3. The number of hydrogen-bond acceptors (Lipinski definition) is 7. The molecule has 5 rings (SSSR count). The van der Waals surface area contributed by atoms with Gasteiger partial charge in [-0.2, -0.15) is 15.0 Å². The molecule has 1 amide bonds. The number of benzene rings is 3. The smallest absolute Gasteiger partial charge is 0.233 e. The van der Waals surface area contributed by atoms with Crippen molar-refractivity contribution in [1.29, 1.82) is 0 Å². The van der Waals surface area contributed by atoms with E-state index >= 15 is 0 Å². The number of aromatic nitrogens is 3. The molecule has 42 heavy (non-hydrogen) atoms. The van der Waals surface area contributed by atoms with Crippen LogP contribution >= 0.6 is 0 Å². The van der Waals surface area contributed by atoms with Crippen LogP contribution in [-0.4, -0.2) is 27.4 Å². The van der Waals surface area contributed by atoms with E-state index in [0.717, 1.165) is 34.5 Å². The summed E-state index contributed by atoms with van der Waals surface area (Å²) in [7, 11) is 0. The summed E-state index contributed by atoms with van der Waals surface area (Å²) in [5, 5.41) is 12.9. The van der Waals surface area contributed by atoms with Gasteiger partial charge in [-0.15, -0.1) is 0 Å². The lowest BCUT2D eigenvalue weighted by molar-refractivity contribution is -0.120. The Morgan fingerprint density at radius 3 is 2.19 bits per heavy atom. The second-order valence-corrected chi connectivity index (χ2v) is 10.9. The van der Waals surface area contributed by atoms with Crippen molar-refractivity contribution in [3.05, 3.63) is 101 Å². The van der Waals surface area contributed by atoms with Crippen LogP contribution in [0.25, 0.3) is 0 Å². The maximum Gasteiger partial charge on any atom is 0.233 e. The van der Waals surface area contributed by atoms with E-state index in [1.54, 1.807) is 12.1 Å². The van der Waals surface area contributed by atoms with Crippen LogP contribution in [0.15, 0.2) is 72.8 Å². The Balaban J connectivity index is 1.21. The molecule has 1 aliphatic carbocycles. The fraction of sp³-hybridized carbons (Fsp3) is 0.333. The van der Waals surface area contributed by atoms with Crippen molar-refractivity contribution in [2.75, 3.05) is 22.5 Å². The van der Waals surface area contributed by atoms with Crippen LogP contribution in [0.2, 0.25) is 0 Å². The molecule has 0 unspecified atom stereocenters. The van der Waals surface area contributed by atoms with Crippen LogP contribution in [0, 0.1) is 18.7 Å². The van der Waals surface area contributed by atoms with Gasteiger partial charge in [0.1, 0.15) is 5.82 Å². The summed E-state index contributed by atoms with van der Waals surface area (Å²) >= 11 is 0. The van der Waals surface area contributed by atoms with Crippen LogP contribution < -0.4 is 21.3 Å². The monoisotopic (exact) mass is 567 g/mol. The molecule has 0 bridgehead atoms. The van der Waals surface area contributed by atoms with Gasteiger partial charge in [0, 0.05) is 25.3 Å². The first-order valence-electron chi connectivity index (χ1n) is 14.7. The van der Waals surface area contributed by atoms with E-state index in [4.69, 9.17) is 0 Å². The summed E-state index contributed by atoms with van der Waals surface area (Å²) < 4.78 is 13.3. The minimum atomic E-state index is -0.270. The van der Waals surface area contributed by atoms with Gasteiger partial charge < -0.3 is 21.3 Å². The highest BCUT2D eigenvalue weighted by Crippen LogP contribution is 2.24. The molecule has 0 atom stereocenters. The summed E-state index contributed by atoms with van der Waals surface area (Å²) in [6.07, 6.45) is 6.58. The van der Waals surface area contributed by atoms with E-state index in [-0.39, 0.29) is 11.7 Å². The predicted octanol–water partition coefficient (Wildman–Crippen LogP) is 6.53. The summed E-state index contributed by atoms with van der Waals surface area (Å²) in [5.74, 6) is 1.65. The Morgan fingerprint density at radius 2 is 1.45 bits per heavy atom. The van der Waals surface area contributed by atoms with Gasteiger partial charge >= 0.3 is 0 Å². The molecule has 4 N–H and O–H groups in total. The molecule has 0 radical (unpaired) electrons. The minimum Gasteiger partial charge on any atom is -0.354 e. The molecule has 0 spiro atoms. The topological polar surface area (TPSA) is 104 Å². The standard InChI is InChI=1S/C33H38FN7O/c1-23-7-5-6-10-27(23)22-35-30(42)19-24-13-17-29(18-14-24)38-33-40-31(36-20-25-8-3-2-4-9-25)39-32(41-33)37-21-26-11-15-28(34)16-12-26/h5-7,10-18,25H,2-4,8-9,19-22H2,1H3,(H,35,42)(H3,36,37,38,39,40,41). The molecule has 218 valence electrons. The van der Waals surface area contributed by atoms with Crippen molar-refractivity contribution in [2.45, 2.75) is 58.5 Å². The molecule has 1 fully saturated rings. The van der Waals surface area contributed by atoms with Gasteiger partial charge in [0.05, 0.1) is 6.42 Å². The summed E-state index contributed by atoms with van der Waals surface area (Å²) in [5.41, 5.74) is 4.90. The Labute approximate surface area is 246 Å². The van der Waals surface area contributed by atoms with Crippen LogP contribution in [-0.2, 0) is 24.3 Å². The predicted molar refractivity (Wildman–Crippen MR) is 165 cm³/mol. The third kappa shape index (κ3) is 8.73. The molecule has 0 aliphatic heterocycles. The molecular weight excluding hydrogens is 529 g/mol. The molecule has 1 aromatic heterocycles. The molecule has 1 heterocycles. The van der Waals surface area contributed by atoms with Crippen LogP contribution in [0.1, 0.15) is 54.4 Å². The van der Waals surface area contributed by atoms with Crippen molar-refractivity contribution in [1.82, 2.24) is 20.3 Å². The second kappa shape index (κ2) is 14.4. The number of amides is 1. The number of nitrogens with one attached hydrogen (secondary N) is 4. The first-order chi connectivity index (χ1) is 20.5. The number of hydrogen-bond donors (Lipinski definition) is 4. The number of anilines is 4. The van der Waals surface area contributed by atoms with E-state index in [9.17, 15) is 9.18 Å². The van der Waals surface area contributed by atoms with Gasteiger partial charge in [-0.05, 0) is 72.2 Å². The Bertz CT molecular complexity index is 1450. The lowest BCUT2D eigenvalue weighted by atomic mass is 9.89. The minimum absolute atomic E-state index is 0.0259. The Morgan fingerprint density at radius 1 is 0.786 bits per heavy atom. The maximum absolute atomic E-state index is 13.3. The van der Waals surface area contributed by atoms with E-state index in [1.165, 1.54) is 44.2 Å². The van der Waals surface area contributed by atoms with E-state index in [2.05, 4.69) is 36.2 Å². The zero-order valence-corrected chi connectivity index (χ0v) is 24.0.